The van der Waals surface area contributed by atoms with E-state index in [1.807, 2.05) is 6.92 Å². The van der Waals surface area contributed by atoms with Gasteiger partial charge < -0.3 is 15.7 Å². The number of fused-ring (bicyclic) bond motifs is 1. The van der Waals surface area contributed by atoms with Crippen LogP contribution in [0.1, 0.15) is 37.6 Å². The number of pyridine rings is 1. The predicted octanol–water partition coefficient (Wildman–Crippen LogP) is 3.11. The molecule has 0 radical (unpaired) electrons. The number of hydrogen-bond donors (Lipinski definition) is 3. The first kappa shape index (κ1) is 21.9. The summed E-state index contributed by atoms with van der Waals surface area (Å²) in [6.07, 6.45) is 5.47. The minimum Gasteiger partial charge on any atom is -0.387 e. The van der Waals surface area contributed by atoms with Crippen molar-refractivity contribution in [2.24, 2.45) is 0 Å². The maximum atomic E-state index is 14.0. The summed E-state index contributed by atoms with van der Waals surface area (Å²) in [5, 5.41) is 20.1. The van der Waals surface area contributed by atoms with Crippen LogP contribution in [0, 0.1) is 0 Å². The van der Waals surface area contributed by atoms with Gasteiger partial charge in [0.05, 0.1) is 52.1 Å². The van der Waals surface area contributed by atoms with Gasteiger partial charge in [-0.25, -0.2) is 13.9 Å². The molecule has 0 bridgehead atoms. The maximum Gasteiger partial charge on any atom is 0.255 e. The number of aromatic nitrogens is 4. The van der Waals surface area contributed by atoms with Crippen LogP contribution in [-0.2, 0) is 0 Å². The van der Waals surface area contributed by atoms with Crippen molar-refractivity contribution < 1.29 is 14.3 Å². The van der Waals surface area contributed by atoms with Crippen LogP contribution in [0.2, 0.25) is 5.02 Å². The Bertz CT molecular complexity index is 1050. The smallest absolute Gasteiger partial charge is 0.255 e. The maximum absolute atomic E-state index is 14.0. The molecule has 1 unspecified atom stereocenters. The number of carbonyl (C=O) groups is 1. The highest BCUT2D eigenvalue weighted by Crippen LogP contribution is 2.26. The first-order chi connectivity index (χ1) is 14.2. The van der Waals surface area contributed by atoms with Gasteiger partial charge in [0.15, 0.2) is 5.65 Å². The van der Waals surface area contributed by atoms with E-state index >= 15 is 0 Å². The third-order valence-electron chi connectivity index (χ3n) is 4.52. The summed E-state index contributed by atoms with van der Waals surface area (Å²) in [5.41, 5.74) is 1.14. The van der Waals surface area contributed by atoms with Crippen LogP contribution in [0.15, 0.2) is 30.9 Å². The largest absolute Gasteiger partial charge is 0.387 e. The SMILES string of the molecule is CCCNc1cc(-c2cnn3cc(Cl)cnc23)ncc1C(=O)NCC(F)C(C)(C)O. The third-order valence-corrected chi connectivity index (χ3v) is 4.72. The molecule has 1 amide bonds. The molecule has 0 aliphatic carbocycles. The minimum atomic E-state index is -1.60. The number of nitrogens with one attached hydrogen (secondary N) is 2. The van der Waals surface area contributed by atoms with Crippen molar-refractivity contribution in [2.75, 3.05) is 18.4 Å². The van der Waals surface area contributed by atoms with Crippen LogP contribution < -0.4 is 10.6 Å². The van der Waals surface area contributed by atoms with Gasteiger partial charge in [-0.15, -0.1) is 0 Å². The fourth-order valence-corrected chi connectivity index (χ4v) is 2.89. The standard InChI is InChI=1S/C20H24ClFN6O2/c1-4-5-23-16-6-15(13-9-27-28-11-12(21)7-25-18(13)28)24-8-14(16)19(29)26-10-17(22)20(2,3)30/h6-9,11,17,30H,4-5,10H2,1-3H3,(H,23,24)(H,26,29). The van der Waals surface area contributed by atoms with Crippen LogP contribution in [0.25, 0.3) is 16.9 Å². The van der Waals surface area contributed by atoms with E-state index in [1.54, 1.807) is 23.0 Å². The number of carbonyl (C=O) groups excluding carboxylic acids is 1. The molecule has 10 heteroatoms. The number of rotatable bonds is 8. The second kappa shape index (κ2) is 8.93. The first-order valence-electron chi connectivity index (χ1n) is 9.58. The Hall–Kier alpha value is -2.78. The van der Waals surface area contributed by atoms with E-state index < -0.39 is 17.7 Å². The average molecular weight is 435 g/mol. The molecular formula is C20H24ClFN6O2. The molecule has 3 aromatic heterocycles. The Morgan fingerprint density at radius 2 is 2.10 bits per heavy atom. The number of alkyl halides is 1. The summed E-state index contributed by atoms with van der Waals surface area (Å²) in [6.45, 7) is 5.04. The molecule has 3 N–H and O–H groups in total. The molecule has 0 aliphatic heterocycles. The van der Waals surface area contributed by atoms with Crippen LogP contribution in [0.5, 0.6) is 0 Å². The third kappa shape index (κ3) is 4.85. The summed E-state index contributed by atoms with van der Waals surface area (Å²) in [4.78, 5) is 21.3. The molecule has 1 atom stereocenters. The minimum absolute atomic E-state index is 0.280. The highest BCUT2D eigenvalue weighted by Gasteiger charge is 2.27. The average Bonchev–Trinajstić information content (AvgIpc) is 3.12. The Balaban J connectivity index is 1.90. The molecule has 0 fully saturated rings. The highest BCUT2D eigenvalue weighted by molar-refractivity contribution is 6.30. The molecule has 0 aromatic carbocycles. The predicted molar refractivity (Wildman–Crippen MR) is 114 cm³/mol. The van der Waals surface area contributed by atoms with E-state index in [4.69, 9.17) is 11.6 Å². The number of nitrogens with zero attached hydrogens (tertiary/aromatic N) is 4. The Kier molecular flexibility index (Phi) is 6.52. The number of halogens is 2. The molecule has 3 aromatic rings. The normalized spacial score (nSPS) is 12.7. The summed E-state index contributed by atoms with van der Waals surface area (Å²) >= 11 is 5.96. The topological polar surface area (TPSA) is 104 Å². The molecule has 0 saturated carbocycles. The summed E-state index contributed by atoms with van der Waals surface area (Å²) in [6, 6.07) is 1.74. The first-order valence-corrected chi connectivity index (χ1v) is 9.96. The molecule has 8 nitrogen and oxygen atoms in total. The van der Waals surface area contributed by atoms with Gasteiger partial charge in [-0.2, -0.15) is 5.10 Å². The van der Waals surface area contributed by atoms with Crippen molar-refractivity contribution in [3.63, 3.8) is 0 Å². The lowest BCUT2D eigenvalue weighted by molar-refractivity contribution is -0.00177. The summed E-state index contributed by atoms with van der Waals surface area (Å²) < 4.78 is 15.5. The Morgan fingerprint density at radius 1 is 1.33 bits per heavy atom. The molecule has 0 spiro atoms. The van der Waals surface area contributed by atoms with Gasteiger partial charge in [-0.05, 0) is 26.3 Å². The van der Waals surface area contributed by atoms with Crippen LogP contribution in [-0.4, -0.2) is 55.5 Å². The van der Waals surface area contributed by atoms with E-state index in [0.717, 1.165) is 6.42 Å². The molecule has 0 aliphatic rings. The quantitative estimate of drug-likeness (QED) is 0.503. The zero-order valence-corrected chi connectivity index (χ0v) is 17.7. The van der Waals surface area contributed by atoms with Crippen molar-refractivity contribution in [1.82, 2.24) is 24.9 Å². The Morgan fingerprint density at radius 3 is 2.80 bits per heavy atom. The lowest BCUT2D eigenvalue weighted by Gasteiger charge is -2.22. The van der Waals surface area contributed by atoms with Gasteiger partial charge in [0.25, 0.3) is 5.91 Å². The fraction of sp³-hybridized carbons (Fsp3) is 0.400. The van der Waals surface area contributed by atoms with E-state index in [1.165, 1.54) is 26.2 Å². The van der Waals surface area contributed by atoms with E-state index in [0.29, 0.717) is 34.2 Å². The van der Waals surface area contributed by atoms with Gasteiger partial charge in [-0.3, -0.25) is 9.78 Å². The van der Waals surface area contributed by atoms with Gasteiger partial charge in [0.1, 0.15) is 6.17 Å². The molecule has 3 heterocycles. The van der Waals surface area contributed by atoms with Crippen LogP contribution >= 0.6 is 11.6 Å². The van der Waals surface area contributed by atoms with E-state index in [9.17, 15) is 14.3 Å². The number of hydrogen-bond acceptors (Lipinski definition) is 6. The van der Waals surface area contributed by atoms with Crippen LogP contribution in [0.3, 0.4) is 0 Å². The monoisotopic (exact) mass is 434 g/mol. The zero-order valence-electron chi connectivity index (χ0n) is 17.0. The molecule has 160 valence electrons. The van der Waals surface area contributed by atoms with Crippen molar-refractivity contribution >= 4 is 28.8 Å². The molecule has 0 saturated heterocycles. The van der Waals surface area contributed by atoms with E-state index in [-0.39, 0.29) is 12.1 Å². The number of aliphatic hydroxyl groups is 1. The van der Waals surface area contributed by atoms with Crippen molar-refractivity contribution in [2.45, 2.75) is 39.0 Å². The summed E-state index contributed by atoms with van der Waals surface area (Å²) in [5.74, 6) is -0.482. The van der Waals surface area contributed by atoms with Crippen molar-refractivity contribution in [3.8, 4) is 11.3 Å². The zero-order chi connectivity index (χ0) is 21.9. The molecular weight excluding hydrogens is 411 g/mol. The Labute approximate surface area is 178 Å². The molecule has 3 rings (SSSR count). The van der Waals surface area contributed by atoms with Gasteiger partial charge >= 0.3 is 0 Å². The van der Waals surface area contributed by atoms with Crippen LogP contribution in [0.4, 0.5) is 10.1 Å². The fourth-order valence-electron chi connectivity index (χ4n) is 2.75. The lowest BCUT2D eigenvalue weighted by Crippen LogP contribution is -2.42. The lowest BCUT2D eigenvalue weighted by atomic mass is 10.0. The van der Waals surface area contributed by atoms with Gasteiger partial charge in [0.2, 0.25) is 0 Å². The second-order valence-electron chi connectivity index (χ2n) is 7.47. The number of anilines is 1. The van der Waals surface area contributed by atoms with E-state index in [2.05, 4.69) is 25.7 Å². The van der Waals surface area contributed by atoms with Gasteiger partial charge in [-0.1, -0.05) is 18.5 Å². The number of amides is 1. The summed E-state index contributed by atoms with van der Waals surface area (Å²) in [7, 11) is 0. The second-order valence-corrected chi connectivity index (χ2v) is 7.91. The molecule has 30 heavy (non-hydrogen) atoms. The van der Waals surface area contributed by atoms with Crippen molar-refractivity contribution in [3.05, 3.63) is 41.4 Å². The van der Waals surface area contributed by atoms with Crippen molar-refractivity contribution in [1.29, 1.82) is 0 Å². The highest BCUT2D eigenvalue weighted by atomic mass is 35.5. The van der Waals surface area contributed by atoms with Gasteiger partial charge in [0, 0.05) is 18.9 Å².